The van der Waals surface area contributed by atoms with Gasteiger partial charge in [-0.05, 0) is 47.4 Å². The number of carbonyl (C=O) groups is 1. The number of hydrogen-bond donors (Lipinski definition) is 5. The molecule has 0 radical (unpaired) electrons. The van der Waals surface area contributed by atoms with Crippen molar-refractivity contribution < 1.29 is 9.53 Å². The van der Waals surface area contributed by atoms with Gasteiger partial charge >= 0.3 is 0 Å². The molecule has 230 valence electrons. The van der Waals surface area contributed by atoms with Crippen LogP contribution in [0.1, 0.15) is 34.4 Å². The normalized spacial score (nSPS) is 15.8. The van der Waals surface area contributed by atoms with Crippen molar-refractivity contribution in [3.8, 4) is 5.75 Å². The number of H-pyrrole nitrogens is 2. The quantitative estimate of drug-likeness (QED) is 0.153. The van der Waals surface area contributed by atoms with Gasteiger partial charge in [0.05, 0.1) is 25.7 Å². The van der Waals surface area contributed by atoms with Crippen molar-refractivity contribution in [2.24, 2.45) is 0 Å². The highest BCUT2D eigenvalue weighted by Crippen LogP contribution is 2.26. The summed E-state index contributed by atoms with van der Waals surface area (Å²) in [5, 5.41) is 21.9. The molecule has 10 nitrogen and oxygen atoms in total. The molecule has 1 aliphatic rings. The summed E-state index contributed by atoms with van der Waals surface area (Å²) in [4.78, 5) is 20.4. The second-order valence-corrected chi connectivity index (χ2v) is 11.6. The summed E-state index contributed by atoms with van der Waals surface area (Å²) >= 11 is 0. The molecule has 3 aromatic carbocycles. The van der Waals surface area contributed by atoms with E-state index in [2.05, 4.69) is 79.1 Å². The highest BCUT2D eigenvalue weighted by Gasteiger charge is 2.28. The van der Waals surface area contributed by atoms with Crippen LogP contribution in [0.15, 0.2) is 85.2 Å². The summed E-state index contributed by atoms with van der Waals surface area (Å²) in [7, 11) is 1.67. The van der Waals surface area contributed by atoms with Gasteiger partial charge in [-0.25, -0.2) is 0 Å². The Labute approximate surface area is 261 Å². The van der Waals surface area contributed by atoms with Gasteiger partial charge in [-0.1, -0.05) is 48.5 Å². The van der Waals surface area contributed by atoms with Crippen molar-refractivity contribution in [2.75, 3.05) is 26.7 Å². The van der Waals surface area contributed by atoms with E-state index in [9.17, 15) is 4.79 Å². The molecule has 4 heterocycles. The van der Waals surface area contributed by atoms with Crippen molar-refractivity contribution >= 4 is 27.7 Å². The summed E-state index contributed by atoms with van der Waals surface area (Å²) in [6, 6.07) is 24.0. The largest absolute Gasteiger partial charge is 0.497 e. The number of ether oxygens (including phenoxy) is 1. The molecule has 3 aromatic heterocycles. The maximum absolute atomic E-state index is 13.6. The fourth-order valence-corrected chi connectivity index (χ4v) is 6.30. The summed E-state index contributed by atoms with van der Waals surface area (Å²) in [6.07, 6.45) is 6.20. The molecule has 1 saturated heterocycles. The Morgan fingerprint density at radius 2 is 1.62 bits per heavy atom. The van der Waals surface area contributed by atoms with Crippen LogP contribution in [-0.2, 0) is 30.6 Å². The zero-order valence-electron chi connectivity index (χ0n) is 25.3. The number of nitrogens with one attached hydrogen (secondary N) is 5. The highest BCUT2D eigenvalue weighted by atomic mass is 16.5. The van der Waals surface area contributed by atoms with Gasteiger partial charge in [-0.15, -0.1) is 10.2 Å². The Hall–Kier alpha value is -4.93. The Morgan fingerprint density at radius 1 is 0.911 bits per heavy atom. The summed E-state index contributed by atoms with van der Waals surface area (Å²) in [6.45, 7) is 2.74. The number of aromatic nitrogens is 5. The lowest BCUT2D eigenvalue weighted by Crippen LogP contribution is -2.56. The van der Waals surface area contributed by atoms with Crippen LogP contribution in [-0.4, -0.2) is 63.4 Å². The molecule has 2 atom stereocenters. The third-order valence-electron chi connectivity index (χ3n) is 8.73. The Kier molecular flexibility index (Phi) is 8.31. The lowest BCUT2D eigenvalue weighted by molar-refractivity contribution is -0.124. The average Bonchev–Trinajstić information content (AvgIpc) is 3.81. The number of fused-ring (bicyclic) bond motifs is 2. The first-order valence-corrected chi connectivity index (χ1v) is 15.6. The van der Waals surface area contributed by atoms with Gasteiger partial charge in [-0.3, -0.25) is 4.79 Å². The number of hydrogen-bond acceptors (Lipinski definition) is 6. The van der Waals surface area contributed by atoms with E-state index in [1.807, 2.05) is 36.5 Å². The Balaban J connectivity index is 1.25. The zero-order chi connectivity index (χ0) is 30.6. The fourth-order valence-electron chi connectivity index (χ4n) is 6.30. The fraction of sp³-hybridized carbons (Fsp3) is 0.286. The Bertz CT molecular complexity index is 1900. The SMILES string of the molecule is COc1ccc(Cn2c(CCc3c[nH]c4ccccc34)nnc2[C@@H](Cc2c[nH]c3ccccc23)NC(=O)C2CNCCN2)cc1. The van der Waals surface area contributed by atoms with Gasteiger partial charge in [0.15, 0.2) is 5.82 Å². The number of amides is 1. The molecule has 0 aliphatic carbocycles. The molecule has 6 aromatic rings. The topological polar surface area (TPSA) is 125 Å². The minimum atomic E-state index is -0.395. The van der Waals surface area contributed by atoms with Crippen molar-refractivity contribution in [3.63, 3.8) is 0 Å². The predicted octanol–water partition coefficient (Wildman–Crippen LogP) is 4.04. The zero-order valence-corrected chi connectivity index (χ0v) is 25.3. The molecular formula is C35H38N8O2. The monoisotopic (exact) mass is 602 g/mol. The van der Waals surface area contributed by atoms with Crippen LogP contribution >= 0.6 is 0 Å². The first-order chi connectivity index (χ1) is 22.2. The molecule has 5 N–H and O–H groups in total. The van der Waals surface area contributed by atoms with Crippen molar-refractivity contribution in [1.29, 1.82) is 0 Å². The van der Waals surface area contributed by atoms with E-state index in [4.69, 9.17) is 14.9 Å². The molecule has 0 saturated carbocycles. The highest BCUT2D eigenvalue weighted by molar-refractivity contribution is 5.85. The molecule has 1 unspecified atom stereocenters. The van der Waals surface area contributed by atoms with E-state index in [1.54, 1.807) is 7.11 Å². The first-order valence-electron chi connectivity index (χ1n) is 15.6. The van der Waals surface area contributed by atoms with Crippen LogP contribution in [0.5, 0.6) is 5.75 Å². The number of methoxy groups -OCH3 is 1. The van der Waals surface area contributed by atoms with E-state index in [0.29, 0.717) is 25.9 Å². The maximum atomic E-state index is 13.6. The third kappa shape index (κ3) is 6.20. The minimum absolute atomic E-state index is 0.0496. The summed E-state index contributed by atoms with van der Waals surface area (Å²) in [5.41, 5.74) is 5.64. The van der Waals surface area contributed by atoms with E-state index >= 15 is 0 Å². The molecule has 0 bridgehead atoms. The molecule has 10 heteroatoms. The summed E-state index contributed by atoms with van der Waals surface area (Å²) < 4.78 is 7.59. The second-order valence-electron chi connectivity index (χ2n) is 11.6. The average molecular weight is 603 g/mol. The number of benzene rings is 3. The first kappa shape index (κ1) is 28.8. The van der Waals surface area contributed by atoms with E-state index in [0.717, 1.165) is 64.5 Å². The lowest BCUT2D eigenvalue weighted by atomic mass is 10.0. The number of rotatable bonds is 11. The standard InChI is InChI=1S/C35H38N8O2/c1-45-26-13-10-23(11-14-26)22-43-33(15-12-24-19-38-29-8-4-2-6-27(24)29)41-42-34(43)31(40-35(44)32-21-36-16-17-37-32)18-25-20-39-30-9-5-3-7-28(25)30/h2-11,13-14,19-20,31-32,36-39H,12,15-18,21-22H2,1H3,(H,40,44)/t31-,32?/m1/s1. The van der Waals surface area contributed by atoms with Crippen LogP contribution in [0.3, 0.4) is 0 Å². The molecule has 1 aliphatic heterocycles. The van der Waals surface area contributed by atoms with Crippen LogP contribution < -0.4 is 20.7 Å². The summed E-state index contributed by atoms with van der Waals surface area (Å²) in [5.74, 6) is 2.37. The number of para-hydroxylation sites is 2. The molecule has 7 rings (SSSR count). The predicted molar refractivity (Wildman–Crippen MR) is 175 cm³/mol. The van der Waals surface area contributed by atoms with Gasteiger partial charge in [0, 0.05) is 66.7 Å². The van der Waals surface area contributed by atoms with Crippen LogP contribution in [0.25, 0.3) is 21.8 Å². The van der Waals surface area contributed by atoms with Gasteiger partial charge in [0.25, 0.3) is 0 Å². The van der Waals surface area contributed by atoms with E-state index in [-0.39, 0.29) is 11.9 Å². The number of aromatic amines is 2. The molecular weight excluding hydrogens is 564 g/mol. The van der Waals surface area contributed by atoms with Crippen molar-refractivity contribution in [3.05, 3.63) is 114 Å². The van der Waals surface area contributed by atoms with Crippen LogP contribution in [0.2, 0.25) is 0 Å². The third-order valence-corrected chi connectivity index (χ3v) is 8.73. The van der Waals surface area contributed by atoms with Gasteiger partial charge in [-0.2, -0.15) is 0 Å². The number of carbonyl (C=O) groups excluding carboxylic acids is 1. The molecule has 1 fully saturated rings. The second kappa shape index (κ2) is 13.0. The smallest absolute Gasteiger partial charge is 0.239 e. The van der Waals surface area contributed by atoms with Crippen LogP contribution in [0.4, 0.5) is 0 Å². The van der Waals surface area contributed by atoms with E-state index < -0.39 is 6.04 Å². The maximum Gasteiger partial charge on any atom is 0.239 e. The number of piperazine rings is 1. The van der Waals surface area contributed by atoms with Gasteiger partial charge in [0.1, 0.15) is 11.6 Å². The molecule has 45 heavy (non-hydrogen) atoms. The van der Waals surface area contributed by atoms with E-state index in [1.165, 1.54) is 10.9 Å². The molecule has 0 spiro atoms. The van der Waals surface area contributed by atoms with Gasteiger partial charge < -0.3 is 35.2 Å². The lowest BCUT2D eigenvalue weighted by Gasteiger charge is -2.27. The Morgan fingerprint density at radius 3 is 2.33 bits per heavy atom. The van der Waals surface area contributed by atoms with Gasteiger partial charge in [0.2, 0.25) is 5.91 Å². The van der Waals surface area contributed by atoms with Crippen molar-refractivity contribution in [2.45, 2.75) is 37.9 Å². The minimum Gasteiger partial charge on any atom is -0.497 e. The molecule has 1 amide bonds. The number of aryl methyl sites for hydroxylation is 2. The van der Waals surface area contributed by atoms with Crippen LogP contribution in [0, 0.1) is 0 Å². The van der Waals surface area contributed by atoms with Crippen molar-refractivity contribution in [1.82, 2.24) is 40.7 Å². The number of nitrogens with zero attached hydrogens (tertiary/aromatic N) is 3.